The van der Waals surface area contributed by atoms with Gasteiger partial charge in [0.05, 0.1) is 19.2 Å². The Kier molecular flexibility index (Phi) is 4.50. The van der Waals surface area contributed by atoms with Gasteiger partial charge in [0.15, 0.2) is 0 Å². The largest absolute Gasteiger partial charge is 0.373 e. The van der Waals surface area contributed by atoms with Crippen molar-refractivity contribution in [3.05, 3.63) is 47.1 Å². The lowest BCUT2D eigenvalue weighted by Gasteiger charge is -2.21. The van der Waals surface area contributed by atoms with Crippen LogP contribution in [0, 0.1) is 17.5 Å². The quantitative estimate of drug-likeness (QED) is 0.521. The molecule has 0 atom stereocenters. The molecule has 9 heteroatoms. The van der Waals surface area contributed by atoms with Gasteiger partial charge in [-0.15, -0.1) is 0 Å². The highest BCUT2D eigenvalue weighted by Crippen LogP contribution is 2.38. The molecule has 0 unspecified atom stereocenters. The highest BCUT2D eigenvalue weighted by Gasteiger charge is 2.24. The van der Waals surface area contributed by atoms with Crippen LogP contribution in [0.1, 0.15) is 0 Å². The topological polar surface area (TPSA) is 42.2 Å². The molecule has 0 amide bonds. The lowest BCUT2D eigenvalue weighted by atomic mass is 10.1. The van der Waals surface area contributed by atoms with Crippen LogP contribution < -0.4 is 5.32 Å². The lowest BCUT2D eigenvalue weighted by molar-refractivity contribution is 0.548. The van der Waals surface area contributed by atoms with Crippen LogP contribution in [0.15, 0.2) is 24.5 Å². The van der Waals surface area contributed by atoms with Crippen LogP contribution in [0.2, 0.25) is 24.8 Å². The zero-order valence-corrected chi connectivity index (χ0v) is 15.6. The Labute approximate surface area is 148 Å². The van der Waals surface area contributed by atoms with Crippen molar-refractivity contribution in [2.45, 2.75) is 19.6 Å². The predicted molar refractivity (Wildman–Crippen MR) is 95.1 cm³/mol. The number of nitrogens with one attached hydrogen (secondary N) is 1. The second-order valence-electron chi connectivity index (χ2n) is 6.88. The summed E-state index contributed by atoms with van der Waals surface area (Å²) in [5.41, 5.74) is -0.381. The molecule has 0 aliphatic carbocycles. The van der Waals surface area contributed by atoms with E-state index in [1.54, 1.807) is 10.6 Å². The number of hydrogen-bond acceptors (Lipinski definition) is 3. The number of rotatable bonds is 4. The monoisotopic (exact) mass is 384 g/mol. The highest BCUT2D eigenvalue weighted by molar-refractivity contribution is 6.76. The maximum absolute atomic E-state index is 14.3. The molecule has 3 aromatic rings. The molecule has 0 saturated heterocycles. The van der Waals surface area contributed by atoms with Crippen LogP contribution in [0.4, 0.5) is 19.0 Å². The van der Waals surface area contributed by atoms with E-state index in [-0.39, 0.29) is 10.7 Å². The van der Waals surface area contributed by atoms with Gasteiger partial charge < -0.3 is 5.32 Å². The van der Waals surface area contributed by atoms with Crippen molar-refractivity contribution in [1.82, 2.24) is 14.4 Å². The van der Waals surface area contributed by atoms with Crippen LogP contribution >= 0.6 is 11.6 Å². The first-order chi connectivity index (χ1) is 11.7. The molecule has 4 nitrogen and oxygen atoms in total. The maximum atomic E-state index is 14.3. The Morgan fingerprint density at radius 3 is 2.36 bits per heavy atom. The lowest BCUT2D eigenvalue weighted by Crippen LogP contribution is -2.32. The molecule has 2 aromatic heterocycles. The maximum Gasteiger partial charge on any atom is 0.236 e. The SMILES string of the molecule is C[Si](C)(C)CNc1c(-c2c(F)cc(F)cc2F)c(Cl)nc2nccn12. The average molecular weight is 385 g/mol. The van der Waals surface area contributed by atoms with Crippen LogP contribution in [-0.4, -0.2) is 28.6 Å². The molecule has 0 bridgehead atoms. The molecule has 0 saturated carbocycles. The number of anilines is 1. The van der Waals surface area contributed by atoms with E-state index in [2.05, 4.69) is 34.9 Å². The summed E-state index contributed by atoms with van der Waals surface area (Å²) < 4.78 is 43.5. The number of benzene rings is 1. The summed E-state index contributed by atoms with van der Waals surface area (Å²) in [6.07, 6.45) is 3.77. The fourth-order valence-electron chi connectivity index (χ4n) is 2.44. The zero-order chi connectivity index (χ0) is 18.4. The molecule has 132 valence electrons. The smallest absolute Gasteiger partial charge is 0.236 e. The van der Waals surface area contributed by atoms with Crippen molar-refractivity contribution in [2.24, 2.45) is 0 Å². The Morgan fingerprint density at radius 1 is 1.12 bits per heavy atom. The van der Waals surface area contributed by atoms with Crippen molar-refractivity contribution in [3.63, 3.8) is 0 Å². The fourth-order valence-corrected chi connectivity index (χ4v) is 3.40. The predicted octanol–water partition coefficient (Wildman–Crippen LogP) is 4.76. The third-order valence-corrected chi connectivity index (χ3v) is 5.06. The minimum Gasteiger partial charge on any atom is -0.373 e. The number of halogens is 4. The third kappa shape index (κ3) is 3.50. The molecule has 3 rings (SSSR count). The molecular formula is C16H16ClF3N4Si. The van der Waals surface area contributed by atoms with Crippen LogP contribution in [0.5, 0.6) is 0 Å². The van der Waals surface area contributed by atoms with Crippen LogP contribution in [0.25, 0.3) is 16.9 Å². The molecule has 1 aromatic carbocycles. The number of imidazole rings is 1. The summed E-state index contributed by atoms with van der Waals surface area (Å²) in [4.78, 5) is 8.15. The molecule has 0 aliphatic rings. The van der Waals surface area contributed by atoms with Gasteiger partial charge in [0.1, 0.15) is 28.4 Å². The van der Waals surface area contributed by atoms with Gasteiger partial charge in [-0.05, 0) is 0 Å². The summed E-state index contributed by atoms with van der Waals surface area (Å²) >= 11 is 6.21. The first-order valence-electron chi connectivity index (χ1n) is 7.59. The first-order valence-corrected chi connectivity index (χ1v) is 11.7. The molecular weight excluding hydrogens is 369 g/mol. The minimum atomic E-state index is -1.54. The van der Waals surface area contributed by atoms with E-state index in [9.17, 15) is 13.2 Å². The van der Waals surface area contributed by atoms with Gasteiger partial charge in [0.2, 0.25) is 5.78 Å². The van der Waals surface area contributed by atoms with Gasteiger partial charge in [-0.3, -0.25) is 4.40 Å². The molecule has 0 aliphatic heterocycles. The van der Waals surface area contributed by atoms with E-state index in [1.165, 1.54) is 6.20 Å². The van der Waals surface area contributed by atoms with Crippen molar-refractivity contribution in [2.75, 3.05) is 11.5 Å². The number of hydrogen-bond donors (Lipinski definition) is 1. The number of nitrogens with zero attached hydrogens (tertiary/aromatic N) is 3. The van der Waals surface area contributed by atoms with Gasteiger partial charge >= 0.3 is 0 Å². The van der Waals surface area contributed by atoms with Crippen molar-refractivity contribution in [3.8, 4) is 11.1 Å². The molecule has 0 fully saturated rings. The van der Waals surface area contributed by atoms with Crippen molar-refractivity contribution < 1.29 is 13.2 Å². The van der Waals surface area contributed by atoms with E-state index in [0.29, 0.717) is 29.9 Å². The summed E-state index contributed by atoms with van der Waals surface area (Å²) in [6.45, 7) is 6.44. The molecule has 0 spiro atoms. The summed E-state index contributed by atoms with van der Waals surface area (Å²) in [5.74, 6) is -2.41. The van der Waals surface area contributed by atoms with Crippen LogP contribution in [-0.2, 0) is 0 Å². The number of aromatic nitrogens is 3. The second kappa shape index (κ2) is 6.34. The normalized spacial score (nSPS) is 12.0. The summed E-state index contributed by atoms with van der Waals surface area (Å²) in [6, 6.07) is 1.24. The van der Waals surface area contributed by atoms with Gasteiger partial charge in [-0.2, -0.15) is 4.98 Å². The Hall–Kier alpha value is -2.06. The van der Waals surface area contributed by atoms with E-state index in [1.807, 2.05) is 0 Å². The van der Waals surface area contributed by atoms with E-state index < -0.39 is 31.1 Å². The average Bonchev–Trinajstić information content (AvgIpc) is 2.92. The van der Waals surface area contributed by atoms with Crippen molar-refractivity contribution in [1.29, 1.82) is 0 Å². The standard InChI is InChI=1S/C16H16ClF3N4Si/c1-25(2,3)8-22-15-13(12-10(19)6-9(18)7-11(12)20)14(17)23-16-21-4-5-24(15)16/h4-7,22H,8H2,1-3H3. The zero-order valence-electron chi connectivity index (χ0n) is 13.9. The Morgan fingerprint density at radius 2 is 1.76 bits per heavy atom. The van der Waals surface area contributed by atoms with E-state index >= 15 is 0 Å². The van der Waals surface area contributed by atoms with Crippen molar-refractivity contribution >= 4 is 31.3 Å². The van der Waals surface area contributed by atoms with Gasteiger partial charge in [-0.25, -0.2) is 18.2 Å². The Balaban J connectivity index is 2.29. The van der Waals surface area contributed by atoms with Gasteiger partial charge in [0, 0.05) is 30.7 Å². The molecule has 0 radical (unpaired) electrons. The van der Waals surface area contributed by atoms with Crippen LogP contribution in [0.3, 0.4) is 0 Å². The van der Waals surface area contributed by atoms with Gasteiger partial charge in [0.25, 0.3) is 0 Å². The summed E-state index contributed by atoms with van der Waals surface area (Å²) in [7, 11) is -1.54. The fraction of sp³-hybridized carbons (Fsp3) is 0.250. The molecule has 25 heavy (non-hydrogen) atoms. The Bertz CT molecular complexity index is 929. The first kappa shape index (κ1) is 17.8. The van der Waals surface area contributed by atoms with E-state index in [0.717, 1.165) is 0 Å². The molecule has 1 N–H and O–H groups in total. The third-order valence-electron chi connectivity index (χ3n) is 3.55. The summed E-state index contributed by atoms with van der Waals surface area (Å²) in [5, 5.41) is 3.11. The van der Waals surface area contributed by atoms with E-state index in [4.69, 9.17) is 11.6 Å². The number of fused-ring (bicyclic) bond motifs is 1. The molecule has 2 heterocycles. The van der Waals surface area contributed by atoms with Gasteiger partial charge in [-0.1, -0.05) is 31.2 Å². The second-order valence-corrected chi connectivity index (χ2v) is 12.7. The highest BCUT2D eigenvalue weighted by atomic mass is 35.5. The minimum absolute atomic E-state index is 0.0421.